The van der Waals surface area contributed by atoms with E-state index >= 15 is 9.13 Å². The van der Waals surface area contributed by atoms with Gasteiger partial charge in [0.05, 0.1) is 11.0 Å². The zero-order valence-corrected chi connectivity index (χ0v) is 36.0. The first-order valence-corrected chi connectivity index (χ1v) is 24.7. The summed E-state index contributed by atoms with van der Waals surface area (Å²) in [5, 5.41) is 14.1. The summed E-state index contributed by atoms with van der Waals surface area (Å²) in [6.45, 7) is 0. The highest BCUT2D eigenvalue weighted by atomic mass is 31.2. The third-order valence-corrected chi connectivity index (χ3v) is 19.1. The van der Waals surface area contributed by atoms with E-state index in [2.05, 4.69) is 138 Å². The fraction of sp³-hybridized carbons (Fsp3) is 0. The van der Waals surface area contributed by atoms with E-state index in [9.17, 15) is 0 Å². The Morgan fingerprint density at radius 2 is 0.540 bits per heavy atom. The molecule has 0 unspecified atom stereocenters. The van der Waals surface area contributed by atoms with Crippen LogP contribution in [0, 0.1) is 0 Å². The molecule has 0 spiro atoms. The van der Waals surface area contributed by atoms with Crippen LogP contribution in [0.15, 0.2) is 237 Å². The standard InChI is InChI=1S/C58H39NO2P2/c60-62(55-33-13-21-40-17-1-5-25-47(40)55,56-34-14-22-41-18-2-6-26-48(41)56)45-37-44(59-53-31-11-9-29-51(53)52-30-10-12-32-54(52)59)38-46(39-45)63(61,57-35-15-23-42-19-3-7-27-49(42)57)58-36-16-24-43-20-4-8-28-50(43)58/h1-39H. The molecule has 12 aromatic rings. The number of fused-ring (bicyclic) bond motifs is 7. The number of hydrogen-bond acceptors (Lipinski definition) is 2. The molecule has 0 atom stereocenters. The van der Waals surface area contributed by atoms with Gasteiger partial charge in [-0.2, -0.15) is 0 Å². The molecule has 0 aliphatic rings. The van der Waals surface area contributed by atoms with Gasteiger partial charge >= 0.3 is 0 Å². The number of rotatable bonds is 7. The molecule has 5 heteroatoms. The fourth-order valence-corrected chi connectivity index (χ4v) is 16.4. The van der Waals surface area contributed by atoms with Gasteiger partial charge in [0.15, 0.2) is 14.3 Å². The van der Waals surface area contributed by atoms with Crippen LogP contribution in [0.3, 0.4) is 0 Å². The molecule has 0 amide bonds. The number of para-hydroxylation sites is 2. The first-order valence-electron chi connectivity index (χ1n) is 21.3. The van der Waals surface area contributed by atoms with Gasteiger partial charge in [0.25, 0.3) is 0 Å². The summed E-state index contributed by atoms with van der Waals surface area (Å²) in [7, 11) is -7.65. The lowest BCUT2D eigenvalue weighted by molar-refractivity contribution is 0.592. The topological polar surface area (TPSA) is 39.1 Å². The van der Waals surface area contributed by atoms with Crippen molar-refractivity contribution in [2.75, 3.05) is 0 Å². The Bertz CT molecular complexity index is 3470. The normalized spacial score (nSPS) is 12.3. The van der Waals surface area contributed by atoms with Gasteiger partial charge in [-0.05, 0) is 73.4 Å². The smallest absolute Gasteiger partial charge is 0.172 e. The van der Waals surface area contributed by atoms with Crippen molar-refractivity contribution >= 4 is 111 Å². The Kier molecular flexibility index (Phi) is 8.73. The van der Waals surface area contributed by atoms with Gasteiger partial charge in [0, 0.05) is 48.3 Å². The van der Waals surface area contributed by atoms with Crippen LogP contribution in [0.5, 0.6) is 0 Å². The second kappa shape index (κ2) is 14.7. The largest absolute Gasteiger partial charge is 0.309 e. The minimum Gasteiger partial charge on any atom is -0.309 e. The summed E-state index contributed by atoms with van der Waals surface area (Å²) >= 11 is 0. The van der Waals surface area contributed by atoms with E-state index in [0.717, 1.165) is 91.8 Å². The molecule has 0 bridgehead atoms. The van der Waals surface area contributed by atoms with Crippen LogP contribution in [0.25, 0.3) is 70.6 Å². The van der Waals surface area contributed by atoms with Crippen molar-refractivity contribution in [1.82, 2.24) is 4.57 Å². The number of aromatic nitrogens is 1. The zero-order valence-electron chi connectivity index (χ0n) is 34.2. The van der Waals surface area contributed by atoms with Gasteiger partial charge < -0.3 is 13.7 Å². The minimum atomic E-state index is -3.83. The lowest BCUT2D eigenvalue weighted by Gasteiger charge is -2.28. The number of hydrogen-bond donors (Lipinski definition) is 0. The van der Waals surface area contributed by atoms with Crippen molar-refractivity contribution in [3.8, 4) is 5.69 Å². The predicted molar refractivity (Wildman–Crippen MR) is 270 cm³/mol. The molecule has 0 N–H and O–H groups in total. The van der Waals surface area contributed by atoms with Gasteiger partial charge in [0.1, 0.15) is 0 Å². The highest BCUT2D eigenvalue weighted by Gasteiger charge is 2.38. The Morgan fingerprint density at radius 1 is 0.270 bits per heavy atom. The average Bonchev–Trinajstić information content (AvgIpc) is 3.69. The zero-order chi connectivity index (χ0) is 42.1. The highest BCUT2D eigenvalue weighted by molar-refractivity contribution is 7.87. The van der Waals surface area contributed by atoms with E-state index in [-0.39, 0.29) is 0 Å². The Hall–Kier alpha value is -7.28. The summed E-state index contributed by atoms with van der Waals surface area (Å²) < 4.78 is 37.4. The van der Waals surface area contributed by atoms with E-state index in [1.165, 1.54) is 0 Å². The molecule has 0 aliphatic heterocycles. The van der Waals surface area contributed by atoms with Crippen molar-refractivity contribution in [2.45, 2.75) is 0 Å². The van der Waals surface area contributed by atoms with E-state index in [1.807, 2.05) is 103 Å². The number of benzene rings is 11. The van der Waals surface area contributed by atoms with Crippen molar-refractivity contribution in [3.63, 3.8) is 0 Å². The van der Waals surface area contributed by atoms with E-state index < -0.39 is 14.3 Å². The quantitative estimate of drug-likeness (QED) is 0.150. The van der Waals surface area contributed by atoms with Crippen LogP contribution >= 0.6 is 14.3 Å². The predicted octanol–water partition coefficient (Wildman–Crippen LogP) is 12.7. The first-order chi connectivity index (χ1) is 31.0. The third-order valence-electron chi connectivity index (χ3n) is 12.9. The molecule has 12 rings (SSSR count). The molecule has 63 heavy (non-hydrogen) atoms. The second-order valence-corrected chi connectivity index (χ2v) is 21.7. The van der Waals surface area contributed by atoms with Crippen LogP contribution in [-0.2, 0) is 9.13 Å². The molecule has 0 aliphatic carbocycles. The summed E-state index contributed by atoms with van der Waals surface area (Å²) in [5.41, 5.74) is 2.82. The Labute approximate surface area is 365 Å². The van der Waals surface area contributed by atoms with Crippen LogP contribution in [0.4, 0.5) is 0 Å². The lowest BCUT2D eigenvalue weighted by Crippen LogP contribution is -2.32. The molecule has 0 radical (unpaired) electrons. The van der Waals surface area contributed by atoms with E-state index in [4.69, 9.17) is 0 Å². The van der Waals surface area contributed by atoms with Crippen molar-refractivity contribution in [3.05, 3.63) is 237 Å². The van der Waals surface area contributed by atoms with Gasteiger partial charge in [0.2, 0.25) is 0 Å². The van der Waals surface area contributed by atoms with Crippen molar-refractivity contribution < 1.29 is 9.13 Å². The van der Waals surface area contributed by atoms with Crippen LogP contribution in [0.1, 0.15) is 0 Å². The maximum atomic E-state index is 17.6. The summed E-state index contributed by atoms with van der Waals surface area (Å²) in [6, 6.07) is 80.6. The fourth-order valence-electron chi connectivity index (χ4n) is 10.0. The van der Waals surface area contributed by atoms with Gasteiger partial charge in [-0.1, -0.05) is 206 Å². The Balaban J connectivity index is 1.29. The molecule has 1 aromatic heterocycles. The van der Waals surface area contributed by atoms with E-state index in [0.29, 0.717) is 10.6 Å². The highest BCUT2D eigenvalue weighted by Crippen LogP contribution is 2.51. The lowest BCUT2D eigenvalue weighted by atomic mass is 10.1. The van der Waals surface area contributed by atoms with Gasteiger partial charge in [-0.3, -0.25) is 0 Å². The third kappa shape index (κ3) is 5.74. The molecule has 1 heterocycles. The van der Waals surface area contributed by atoms with Crippen LogP contribution < -0.4 is 31.8 Å². The number of nitrogens with zero attached hydrogens (tertiary/aromatic N) is 1. The first kappa shape index (κ1) is 37.5. The molecule has 0 saturated carbocycles. The van der Waals surface area contributed by atoms with Crippen LogP contribution in [0.2, 0.25) is 0 Å². The monoisotopic (exact) mass is 843 g/mol. The van der Waals surface area contributed by atoms with E-state index in [1.54, 1.807) is 0 Å². The van der Waals surface area contributed by atoms with Gasteiger partial charge in [-0.25, -0.2) is 0 Å². The maximum Gasteiger partial charge on any atom is 0.172 e. The SMILES string of the molecule is O=P(c1cc(-n2c3ccccc3c3ccccc32)cc(P(=O)(c2cccc3ccccc23)c2cccc3ccccc23)c1)(c1cccc2ccccc12)c1cccc2ccccc12. The molecule has 11 aromatic carbocycles. The summed E-state index contributed by atoms with van der Waals surface area (Å²) in [6.07, 6.45) is 0. The average molecular weight is 844 g/mol. The molecule has 3 nitrogen and oxygen atoms in total. The van der Waals surface area contributed by atoms with Crippen molar-refractivity contribution in [1.29, 1.82) is 0 Å². The molecular formula is C58H39NO2P2. The molecule has 0 fully saturated rings. The second-order valence-electron chi connectivity index (χ2n) is 16.3. The summed E-state index contributed by atoms with van der Waals surface area (Å²) in [5.74, 6) is 0. The molecule has 298 valence electrons. The molecule has 0 saturated heterocycles. The maximum absolute atomic E-state index is 17.6. The van der Waals surface area contributed by atoms with Crippen molar-refractivity contribution in [2.24, 2.45) is 0 Å². The Morgan fingerprint density at radius 3 is 0.873 bits per heavy atom. The van der Waals surface area contributed by atoms with Gasteiger partial charge in [-0.15, -0.1) is 0 Å². The van der Waals surface area contributed by atoms with Crippen LogP contribution in [-0.4, -0.2) is 4.57 Å². The summed E-state index contributed by atoms with van der Waals surface area (Å²) in [4.78, 5) is 0. The molecular weight excluding hydrogens is 805 g/mol. The minimum absolute atomic E-state index is 0.616.